The number of hydrogen-bond acceptors (Lipinski definition) is 2. The fourth-order valence-corrected chi connectivity index (χ4v) is 1.41. The second kappa shape index (κ2) is 11.6. The molecular weight excluding hydrogens is 244 g/mol. The maximum Gasteiger partial charge on any atom is 0.319 e. The van der Waals surface area contributed by atoms with E-state index in [0.717, 1.165) is 26.2 Å². The fourth-order valence-electron chi connectivity index (χ4n) is 1.41. The van der Waals surface area contributed by atoms with Crippen LogP contribution in [0.2, 0.25) is 0 Å². The van der Waals surface area contributed by atoms with Gasteiger partial charge in [0.2, 0.25) is 0 Å². The minimum Gasteiger partial charge on any atom is -0.341 e. The molecule has 0 heterocycles. The Morgan fingerprint density at radius 3 is 1.26 bits per heavy atom. The summed E-state index contributed by atoms with van der Waals surface area (Å²) in [5, 5.41) is 2.45. The van der Waals surface area contributed by atoms with E-state index in [1.165, 1.54) is 4.90 Å². The van der Waals surface area contributed by atoms with E-state index in [2.05, 4.69) is 5.32 Å². The lowest BCUT2D eigenvalue weighted by atomic mass is 10.5. The standard InChI is InChI=1S/C9H20N2O.C4H10N2O/c1-5-10(6-2)9(12)11(7-3)8-4;1-5-4(7)6(2)3/h5-8H2,1-4H3;1-3H3,(H,5,7). The first-order valence-corrected chi connectivity index (χ1v) is 6.82. The number of rotatable bonds is 4. The van der Waals surface area contributed by atoms with Crippen LogP contribution in [0.3, 0.4) is 0 Å². The fraction of sp³-hybridized carbons (Fsp3) is 0.846. The van der Waals surface area contributed by atoms with Crippen molar-refractivity contribution in [3.8, 4) is 0 Å². The first-order chi connectivity index (χ1) is 8.89. The molecule has 6 nitrogen and oxygen atoms in total. The molecule has 0 spiro atoms. The van der Waals surface area contributed by atoms with Crippen molar-refractivity contribution in [1.82, 2.24) is 20.0 Å². The van der Waals surface area contributed by atoms with Crippen molar-refractivity contribution in [2.75, 3.05) is 47.3 Å². The van der Waals surface area contributed by atoms with E-state index in [0.29, 0.717) is 0 Å². The van der Waals surface area contributed by atoms with E-state index < -0.39 is 0 Å². The topological polar surface area (TPSA) is 55.9 Å². The van der Waals surface area contributed by atoms with Crippen molar-refractivity contribution in [3.05, 3.63) is 0 Å². The highest BCUT2D eigenvalue weighted by Gasteiger charge is 2.14. The normalized spacial score (nSPS) is 9.00. The van der Waals surface area contributed by atoms with Crippen LogP contribution in [0.1, 0.15) is 27.7 Å². The number of nitrogens with one attached hydrogen (secondary N) is 1. The first-order valence-electron chi connectivity index (χ1n) is 6.82. The molecule has 19 heavy (non-hydrogen) atoms. The lowest BCUT2D eigenvalue weighted by Gasteiger charge is -2.27. The molecule has 4 amide bonds. The van der Waals surface area contributed by atoms with Gasteiger partial charge in [0.25, 0.3) is 0 Å². The Labute approximate surface area is 117 Å². The van der Waals surface area contributed by atoms with Gasteiger partial charge in [-0.25, -0.2) is 9.59 Å². The first kappa shape index (κ1) is 19.9. The van der Waals surface area contributed by atoms with Crippen LogP contribution < -0.4 is 5.32 Å². The van der Waals surface area contributed by atoms with Crippen molar-refractivity contribution < 1.29 is 9.59 Å². The van der Waals surface area contributed by atoms with Gasteiger partial charge in [-0.3, -0.25) is 0 Å². The quantitative estimate of drug-likeness (QED) is 0.848. The summed E-state index contributed by atoms with van der Waals surface area (Å²) in [5.41, 5.74) is 0. The number of carbonyl (C=O) groups is 2. The highest BCUT2D eigenvalue weighted by atomic mass is 16.2. The van der Waals surface area contributed by atoms with Gasteiger partial charge in [-0.1, -0.05) is 0 Å². The van der Waals surface area contributed by atoms with Gasteiger partial charge in [0.1, 0.15) is 0 Å². The molecule has 0 aliphatic heterocycles. The summed E-state index contributed by atoms with van der Waals surface area (Å²) in [6.45, 7) is 11.2. The average Bonchev–Trinajstić information content (AvgIpc) is 2.41. The molecule has 0 aromatic carbocycles. The zero-order valence-corrected chi connectivity index (χ0v) is 13.5. The van der Waals surface area contributed by atoms with Gasteiger partial charge in [-0.05, 0) is 27.7 Å². The summed E-state index contributed by atoms with van der Waals surface area (Å²) in [6.07, 6.45) is 0. The van der Waals surface area contributed by atoms with Crippen molar-refractivity contribution in [2.24, 2.45) is 0 Å². The Hall–Kier alpha value is -1.46. The van der Waals surface area contributed by atoms with Crippen LogP contribution in [0.5, 0.6) is 0 Å². The predicted molar refractivity (Wildman–Crippen MR) is 79.4 cm³/mol. The van der Waals surface area contributed by atoms with E-state index in [9.17, 15) is 9.59 Å². The van der Waals surface area contributed by atoms with Crippen LogP contribution in [0.25, 0.3) is 0 Å². The third-order valence-electron chi connectivity index (χ3n) is 2.69. The molecule has 0 atom stereocenters. The molecule has 0 saturated carbocycles. The highest BCUT2D eigenvalue weighted by molar-refractivity contribution is 5.74. The third kappa shape index (κ3) is 8.29. The Balaban J connectivity index is 0. The molecule has 0 bridgehead atoms. The highest BCUT2D eigenvalue weighted by Crippen LogP contribution is 1.97. The van der Waals surface area contributed by atoms with Gasteiger partial charge in [0.05, 0.1) is 0 Å². The van der Waals surface area contributed by atoms with E-state index in [1.807, 2.05) is 37.5 Å². The number of urea groups is 2. The average molecular weight is 274 g/mol. The van der Waals surface area contributed by atoms with Crippen molar-refractivity contribution in [2.45, 2.75) is 27.7 Å². The molecule has 0 aromatic rings. The van der Waals surface area contributed by atoms with Gasteiger partial charge in [-0.15, -0.1) is 0 Å². The molecule has 1 N–H and O–H groups in total. The summed E-state index contributed by atoms with van der Waals surface area (Å²) >= 11 is 0. The number of carbonyl (C=O) groups excluding carboxylic acids is 2. The number of nitrogens with zero attached hydrogens (tertiary/aromatic N) is 3. The predicted octanol–water partition coefficient (Wildman–Crippen LogP) is 1.68. The largest absolute Gasteiger partial charge is 0.341 e. The Morgan fingerprint density at radius 1 is 0.842 bits per heavy atom. The Bertz CT molecular complexity index is 235. The molecule has 0 aliphatic carbocycles. The lowest BCUT2D eigenvalue weighted by molar-refractivity contribution is 0.162. The molecule has 0 aromatic heterocycles. The molecule has 0 unspecified atom stereocenters. The maximum atomic E-state index is 11.6. The van der Waals surface area contributed by atoms with Crippen LogP contribution >= 0.6 is 0 Å². The third-order valence-corrected chi connectivity index (χ3v) is 2.69. The second-order valence-corrected chi connectivity index (χ2v) is 4.08. The van der Waals surface area contributed by atoms with Crippen LogP contribution in [-0.2, 0) is 0 Å². The summed E-state index contributed by atoms with van der Waals surface area (Å²) < 4.78 is 0. The molecular formula is C13H30N4O2. The van der Waals surface area contributed by atoms with Crippen LogP contribution in [0.15, 0.2) is 0 Å². The summed E-state index contributed by atoms with van der Waals surface area (Å²) in [5.74, 6) is 0. The SMILES string of the molecule is CCN(CC)C(=O)N(CC)CC.CNC(=O)N(C)C. The van der Waals surface area contributed by atoms with E-state index >= 15 is 0 Å². The zero-order chi connectivity index (χ0) is 15.4. The molecule has 6 heteroatoms. The van der Waals surface area contributed by atoms with Gasteiger partial charge in [0, 0.05) is 47.3 Å². The van der Waals surface area contributed by atoms with Crippen LogP contribution in [0, 0.1) is 0 Å². The van der Waals surface area contributed by atoms with E-state index in [-0.39, 0.29) is 12.1 Å². The lowest BCUT2D eigenvalue weighted by Crippen LogP contribution is -2.42. The van der Waals surface area contributed by atoms with Crippen LogP contribution in [-0.4, -0.2) is 74.1 Å². The molecule has 0 aliphatic rings. The molecule has 0 rings (SSSR count). The summed E-state index contributed by atoms with van der Waals surface area (Å²) in [6, 6.07) is 0.0880. The van der Waals surface area contributed by atoms with Gasteiger partial charge >= 0.3 is 12.1 Å². The summed E-state index contributed by atoms with van der Waals surface area (Å²) in [7, 11) is 4.99. The van der Waals surface area contributed by atoms with Gasteiger partial charge in [-0.2, -0.15) is 0 Å². The Kier molecular flexibility index (Phi) is 12.2. The monoisotopic (exact) mass is 274 g/mol. The smallest absolute Gasteiger partial charge is 0.319 e. The Morgan fingerprint density at radius 2 is 1.16 bits per heavy atom. The van der Waals surface area contributed by atoms with Gasteiger partial charge in [0.15, 0.2) is 0 Å². The van der Waals surface area contributed by atoms with Gasteiger partial charge < -0.3 is 20.0 Å². The second-order valence-electron chi connectivity index (χ2n) is 4.08. The van der Waals surface area contributed by atoms with Crippen molar-refractivity contribution >= 4 is 12.1 Å². The molecule has 114 valence electrons. The number of amides is 4. The summed E-state index contributed by atoms with van der Waals surface area (Å²) in [4.78, 5) is 27.1. The maximum absolute atomic E-state index is 11.6. The molecule has 0 saturated heterocycles. The van der Waals surface area contributed by atoms with Crippen molar-refractivity contribution in [1.29, 1.82) is 0 Å². The minimum absolute atomic E-state index is 0.0694. The minimum atomic E-state index is -0.0694. The van der Waals surface area contributed by atoms with Crippen LogP contribution in [0.4, 0.5) is 9.59 Å². The molecule has 0 radical (unpaired) electrons. The molecule has 0 fully saturated rings. The van der Waals surface area contributed by atoms with E-state index in [1.54, 1.807) is 21.1 Å². The van der Waals surface area contributed by atoms with E-state index in [4.69, 9.17) is 0 Å². The van der Waals surface area contributed by atoms with Crippen molar-refractivity contribution in [3.63, 3.8) is 0 Å². The zero-order valence-electron chi connectivity index (χ0n) is 13.5. The number of hydrogen-bond donors (Lipinski definition) is 1.